The lowest BCUT2D eigenvalue weighted by molar-refractivity contribution is -0.0461. The molecule has 0 radical (unpaired) electrons. The normalized spacial score (nSPS) is 26.3. The topological polar surface area (TPSA) is 128 Å². The summed E-state index contributed by atoms with van der Waals surface area (Å²) >= 11 is 0.626. The van der Waals surface area contributed by atoms with E-state index in [1.165, 1.54) is 6.20 Å². The number of aromatic nitrogens is 2. The molecule has 1 aromatic heterocycles. The minimum atomic E-state index is -0.888. The molecule has 1 aliphatic heterocycles. The fourth-order valence-electron chi connectivity index (χ4n) is 1.85. The molecular formula is C10H11N3O5S. The summed E-state index contributed by atoms with van der Waals surface area (Å²) < 4.78 is 6.41. The molecule has 1 aliphatic rings. The van der Waals surface area contributed by atoms with Crippen molar-refractivity contribution in [3.05, 3.63) is 27.0 Å². The highest BCUT2D eigenvalue weighted by Crippen LogP contribution is 2.27. The van der Waals surface area contributed by atoms with Gasteiger partial charge in [-0.15, -0.1) is 0 Å². The van der Waals surface area contributed by atoms with Crippen LogP contribution in [-0.2, 0) is 4.74 Å². The molecule has 0 saturated carbocycles. The van der Waals surface area contributed by atoms with Crippen molar-refractivity contribution in [1.29, 1.82) is 5.26 Å². The summed E-state index contributed by atoms with van der Waals surface area (Å²) in [7, 11) is 0. The number of nitrogens with one attached hydrogen (secondary N) is 1. The van der Waals surface area contributed by atoms with Crippen molar-refractivity contribution in [3.63, 3.8) is 0 Å². The Hall–Kier alpha value is -1.60. The molecule has 0 unspecified atom stereocenters. The van der Waals surface area contributed by atoms with Gasteiger partial charge in [0.2, 0.25) is 0 Å². The van der Waals surface area contributed by atoms with Gasteiger partial charge < -0.3 is 14.9 Å². The first-order valence-corrected chi connectivity index (χ1v) is 6.24. The standard InChI is InChI=1S/C10H11N3O5S/c11-4-19-7-2-13(10(17)12-9(7)16)8-1-5(15)6(3-14)18-8/h2,5-6,8,14-15H,1,3H2,(H,12,16,17)/t5-,6+,8-/m0/s1. The summed E-state index contributed by atoms with van der Waals surface area (Å²) in [5.41, 5.74) is -1.34. The van der Waals surface area contributed by atoms with E-state index in [9.17, 15) is 14.7 Å². The van der Waals surface area contributed by atoms with E-state index in [-0.39, 0.29) is 17.9 Å². The lowest BCUT2D eigenvalue weighted by Crippen LogP contribution is -2.33. The zero-order valence-electron chi connectivity index (χ0n) is 9.65. The Labute approximate surface area is 111 Å². The van der Waals surface area contributed by atoms with E-state index in [1.807, 2.05) is 0 Å². The maximum absolute atomic E-state index is 11.7. The lowest BCUT2D eigenvalue weighted by Gasteiger charge is -2.14. The van der Waals surface area contributed by atoms with Crippen molar-refractivity contribution in [2.45, 2.75) is 29.8 Å². The van der Waals surface area contributed by atoms with Crippen LogP contribution in [0.5, 0.6) is 0 Å². The second-order valence-corrected chi connectivity index (χ2v) is 4.79. The summed E-state index contributed by atoms with van der Waals surface area (Å²) in [6.45, 7) is -0.366. The van der Waals surface area contributed by atoms with Gasteiger partial charge in [-0.05, 0) is 11.8 Å². The number of aliphatic hydroxyl groups is 2. The predicted molar refractivity (Wildman–Crippen MR) is 64.4 cm³/mol. The van der Waals surface area contributed by atoms with E-state index in [0.29, 0.717) is 11.8 Å². The van der Waals surface area contributed by atoms with Gasteiger partial charge >= 0.3 is 5.69 Å². The molecule has 0 amide bonds. The molecule has 19 heavy (non-hydrogen) atoms. The number of nitrogens with zero attached hydrogens (tertiary/aromatic N) is 2. The smallest absolute Gasteiger partial charge is 0.330 e. The molecule has 3 atom stereocenters. The highest BCUT2D eigenvalue weighted by atomic mass is 32.2. The molecule has 9 heteroatoms. The molecule has 3 N–H and O–H groups in total. The summed E-state index contributed by atoms with van der Waals surface area (Å²) in [5, 5.41) is 28.9. The monoisotopic (exact) mass is 285 g/mol. The number of aromatic amines is 1. The van der Waals surface area contributed by atoms with E-state index >= 15 is 0 Å². The van der Waals surface area contributed by atoms with Gasteiger partial charge in [-0.25, -0.2) is 4.79 Å². The van der Waals surface area contributed by atoms with Crippen LogP contribution in [-0.4, -0.2) is 38.6 Å². The van der Waals surface area contributed by atoms with Crippen LogP contribution >= 0.6 is 11.8 Å². The number of ether oxygens (including phenoxy) is 1. The molecule has 2 heterocycles. The van der Waals surface area contributed by atoms with Gasteiger partial charge in [0.1, 0.15) is 22.6 Å². The lowest BCUT2D eigenvalue weighted by atomic mass is 10.2. The van der Waals surface area contributed by atoms with Crippen LogP contribution in [0.15, 0.2) is 20.7 Å². The molecule has 102 valence electrons. The highest BCUT2D eigenvalue weighted by Gasteiger charge is 2.35. The number of rotatable bonds is 3. The third-order valence-electron chi connectivity index (χ3n) is 2.79. The van der Waals surface area contributed by atoms with Crippen molar-refractivity contribution in [3.8, 4) is 5.40 Å². The maximum atomic E-state index is 11.7. The average Bonchev–Trinajstić information content (AvgIpc) is 2.74. The van der Waals surface area contributed by atoms with Crippen molar-refractivity contribution < 1.29 is 14.9 Å². The molecule has 1 fully saturated rings. The quantitative estimate of drug-likeness (QED) is 0.467. The number of hydrogen-bond donors (Lipinski definition) is 3. The number of hydrogen-bond acceptors (Lipinski definition) is 7. The van der Waals surface area contributed by atoms with Gasteiger partial charge in [-0.3, -0.25) is 14.3 Å². The Morgan fingerprint density at radius 1 is 1.63 bits per heavy atom. The zero-order chi connectivity index (χ0) is 14.0. The molecule has 1 saturated heterocycles. The van der Waals surface area contributed by atoms with Crippen LogP contribution in [0, 0.1) is 10.7 Å². The SMILES string of the molecule is N#CSc1cn([C@@H]2C[C@H](O)[C@@H](CO)O2)c(=O)[nH]c1=O. The van der Waals surface area contributed by atoms with Crippen LogP contribution in [0.25, 0.3) is 0 Å². The predicted octanol–water partition coefficient (Wildman–Crippen LogP) is -1.25. The molecule has 0 bridgehead atoms. The van der Waals surface area contributed by atoms with Gasteiger partial charge in [0.05, 0.1) is 12.7 Å². The number of thiocyanates is 1. The van der Waals surface area contributed by atoms with E-state index in [2.05, 4.69) is 4.98 Å². The van der Waals surface area contributed by atoms with Gasteiger partial charge in [-0.2, -0.15) is 5.26 Å². The summed E-state index contributed by atoms with van der Waals surface area (Å²) in [5.74, 6) is 0. The van der Waals surface area contributed by atoms with Crippen molar-refractivity contribution in [2.75, 3.05) is 6.61 Å². The fourth-order valence-corrected chi connectivity index (χ4v) is 2.26. The number of H-pyrrole nitrogens is 1. The maximum Gasteiger partial charge on any atom is 0.330 e. The van der Waals surface area contributed by atoms with Crippen LogP contribution < -0.4 is 11.2 Å². The van der Waals surface area contributed by atoms with Crippen LogP contribution in [0.1, 0.15) is 12.6 Å². The van der Waals surface area contributed by atoms with E-state index in [1.54, 1.807) is 5.40 Å². The molecular weight excluding hydrogens is 274 g/mol. The second-order valence-electron chi connectivity index (χ2n) is 3.97. The first-order valence-electron chi connectivity index (χ1n) is 5.42. The third-order valence-corrected chi connectivity index (χ3v) is 3.39. The van der Waals surface area contributed by atoms with E-state index in [4.69, 9.17) is 15.1 Å². The number of aliphatic hydroxyl groups excluding tert-OH is 2. The van der Waals surface area contributed by atoms with Gasteiger partial charge in [0.15, 0.2) is 0 Å². The first kappa shape index (κ1) is 13.8. The second kappa shape index (κ2) is 5.58. The summed E-state index contributed by atoms with van der Waals surface area (Å²) in [4.78, 5) is 25.2. The van der Waals surface area contributed by atoms with Gasteiger partial charge in [0, 0.05) is 12.6 Å². The van der Waals surface area contributed by atoms with Crippen molar-refractivity contribution >= 4 is 11.8 Å². The Morgan fingerprint density at radius 2 is 2.37 bits per heavy atom. The highest BCUT2D eigenvalue weighted by molar-refractivity contribution is 8.03. The van der Waals surface area contributed by atoms with Gasteiger partial charge in [0.25, 0.3) is 5.56 Å². The Balaban J connectivity index is 2.36. The van der Waals surface area contributed by atoms with E-state index in [0.717, 1.165) is 4.57 Å². The molecule has 1 aromatic rings. The zero-order valence-corrected chi connectivity index (χ0v) is 10.5. The summed E-state index contributed by atoms with van der Waals surface area (Å²) in [6.07, 6.45) is -1.11. The minimum absolute atomic E-state index is 0.0626. The van der Waals surface area contributed by atoms with Crippen molar-refractivity contribution in [2.24, 2.45) is 0 Å². The van der Waals surface area contributed by atoms with Crippen LogP contribution in [0.4, 0.5) is 0 Å². The van der Waals surface area contributed by atoms with Crippen molar-refractivity contribution in [1.82, 2.24) is 9.55 Å². The molecule has 0 aromatic carbocycles. The van der Waals surface area contributed by atoms with Gasteiger partial charge in [-0.1, -0.05) is 0 Å². The molecule has 0 aliphatic carbocycles. The number of nitriles is 1. The minimum Gasteiger partial charge on any atom is -0.394 e. The molecule has 2 rings (SSSR count). The largest absolute Gasteiger partial charge is 0.394 e. The van der Waals surface area contributed by atoms with Crippen LogP contribution in [0.3, 0.4) is 0 Å². The van der Waals surface area contributed by atoms with E-state index < -0.39 is 29.7 Å². The van der Waals surface area contributed by atoms with Crippen LogP contribution in [0.2, 0.25) is 0 Å². The third kappa shape index (κ3) is 2.71. The molecule has 0 spiro atoms. The summed E-state index contributed by atoms with van der Waals surface area (Å²) in [6, 6.07) is 0. The average molecular weight is 285 g/mol. The molecule has 8 nitrogen and oxygen atoms in total. The Bertz CT molecular complexity index is 619. The number of thioether (sulfide) groups is 1. The first-order chi connectivity index (χ1) is 9.06. The fraction of sp³-hybridized carbons (Fsp3) is 0.500. The Morgan fingerprint density at radius 3 is 2.95 bits per heavy atom. The Kier molecular flexibility index (Phi) is 4.06.